The van der Waals surface area contributed by atoms with Gasteiger partial charge in [0, 0.05) is 0 Å². The van der Waals surface area contributed by atoms with E-state index in [9.17, 15) is 0 Å². The van der Waals surface area contributed by atoms with Crippen LogP contribution in [0.5, 0.6) is 0 Å². The third-order valence-electron chi connectivity index (χ3n) is 3.74. The van der Waals surface area contributed by atoms with Gasteiger partial charge in [-0.2, -0.15) is 0 Å². The van der Waals surface area contributed by atoms with Crippen LogP contribution in [-0.4, -0.2) is 42.3 Å². The fourth-order valence-corrected chi connectivity index (χ4v) is 2.96. The summed E-state index contributed by atoms with van der Waals surface area (Å²) in [5.74, 6) is 0. The molecule has 17 heavy (non-hydrogen) atoms. The first-order chi connectivity index (χ1) is 8.19. The maximum atomic E-state index is 5.76. The van der Waals surface area contributed by atoms with E-state index in [4.69, 9.17) is 17.0 Å². The van der Waals surface area contributed by atoms with Gasteiger partial charge in [-0.1, -0.05) is 18.2 Å². The number of thiocarbonyl (C=S) groups is 1. The molecular weight excluding hydrogens is 230 g/mol. The van der Waals surface area contributed by atoms with Gasteiger partial charge in [0.25, 0.3) is 0 Å². The Morgan fingerprint density at radius 2 is 1.94 bits per heavy atom. The average molecular weight is 250 g/mol. The number of likely N-dealkylation sites (N-methyl/N-ethyl adjacent to an activating group) is 1. The van der Waals surface area contributed by atoms with Crippen LogP contribution in [0, 0.1) is 6.92 Å². The lowest BCUT2D eigenvalue weighted by Gasteiger charge is -2.40. The monoisotopic (exact) mass is 250 g/mol. The average Bonchev–Trinajstić information content (AvgIpc) is 2.39. The van der Waals surface area contributed by atoms with Crippen LogP contribution >= 0.6 is 12.2 Å². The van der Waals surface area contributed by atoms with Gasteiger partial charge in [0.1, 0.15) is 13.1 Å². The first-order valence-corrected chi connectivity index (χ1v) is 6.65. The molecule has 0 saturated carbocycles. The molecule has 0 unspecified atom stereocenters. The Hall–Kier alpha value is -0.770. The molecule has 1 aromatic rings. The molecule has 0 aromatic heterocycles. The summed E-state index contributed by atoms with van der Waals surface area (Å²) in [7, 11) is 0. The number of quaternary nitrogens is 1. The van der Waals surface area contributed by atoms with Gasteiger partial charge in [-0.05, 0) is 37.7 Å². The molecule has 0 radical (unpaired) electrons. The molecule has 1 fully saturated rings. The van der Waals surface area contributed by atoms with Crippen LogP contribution in [0.4, 0.5) is 0 Å². The smallest absolute Gasteiger partial charge is 0.206 e. The van der Waals surface area contributed by atoms with Gasteiger partial charge in [-0.15, -0.1) is 0 Å². The molecule has 1 aliphatic heterocycles. The molecule has 0 bridgehead atoms. The summed E-state index contributed by atoms with van der Waals surface area (Å²) >= 11 is 5.76. The standard InChI is InChI=1S/C14H20NOS/c1-3-15(8-10-16-11-9-15)14(17)13-7-5-4-6-12(13)2/h4-7H,3,8-11H2,1-2H3/q+1. The zero-order valence-electron chi connectivity index (χ0n) is 10.6. The lowest BCUT2D eigenvalue weighted by atomic mass is 10.1. The van der Waals surface area contributed by atoms with Crippen molar-refractivity contribution in [1.82, 2.24) is 0 Å². The first-order valence-electron chi connectivity index (χ1n) is 6.24. The maximum absolute atomic E-state index is 5.76. The highest BCUT2D eigenvalue weighted by molar-refractivity contribution is 7.80. The fourth-order valence-electron chi connectivity index (χ4n) is 2.42. The topological polar surface area (TPSA) is 9.23 Å². The number of ether oxygens (including phenoxy) is 1. The normalized spacial score (nSPS) is 18.9. The van der Waals surface area contributed by atoms with Crippen molar-refractivity contribution in [3.63, 3.8) is 0 Å². The third-order valence-corrected chi connectivity index (χ3v) is 4.35. The number of nitrogens with zero attached hydrogens (tertiary/aromatic N) is 1. The van der Waals surface area contributed by atoms with Crippen molar-refractivity contribution in [1.29, 1.82) is 0 Å². The highest BCUT2D eigenvalue weighted by atomic mass is 32.1. The summed E-state index contributed by atoms with van der Waals surface area (Å²) in [6.07, 6.45) is 0. The molecule has 1 aliphatic rings. The molecular formula is C14H20NOS+. The fraction of sp³-hybridized carbons (Fsp3) is 0.500. The largest absolute Gasteiger partial charge is 0.370 e. The Balaban J connectivity index is 2.32. The van der Waals surface area contributed by atoms with Crippen molar-refractivity contribution < 1.29 is 9.22 Å². The van der Waals surface area contributed by atoms with Crippen LogP contribution in [0.25, 0.3) is 0 Å². The molecule has 1 aromatic carbocycles. The lowest BCUT2D eigenvalue weighted by molar-refractivity contribution is -0.845. The molecule has 3 heteroatoms. The summed E-state index contributed by atoms with van der Waals surface area (Å²) < 4.78 is 6.37. The zero-order valence-corrected chi connectivity index (χ0v) is 11.4. The van der Waals surface area contributed by atoms with Gasteiger partial charge in [-0.25, -0.2) is 0 Å². The van der Waals surface area contributed by atoms with Crippen molar-refractivity contribution >= 4 is 17.2 Å². The summed E-state index contributed by atoms with van der Waals surface area (Å²) in [6.45, 7) is 9.05. The minimum atomic E-state index is 0.819. The van der Waals surface area contributed by atoms with E-state index in [1.807, 2.05) is 0 Å². The van der Waals surface area contributed by atoms with Gasteiger partial charge < -0.3 is 4.74 Å². The van der Waals surface area contributed by atoms with E-state index in [1.165, 1.54) is 11.1 Å². The van der Waals surface area contributed by atoms with Gasteiger partial charge in [0.2, 0.25) is 4.99 Å². The number of benzene rings is 1. The van der Waals surface area contributed by atoms with Gasteiger partial charge >= 0.3 is 0 Å². The van der Waals surface area contributed by atoms with Gasteiger partial charge in [-0.3, -0.25) is 4.48 Å². The number of rotatable bonds is 2. The van der Waals surface area contributed by atoms with E-state index >= 15 is 0 Å². The van der Waals surface area contributed by atoms with Crippen molar-refractivity contribution in [3.8, 4) is 0 Å². The molecule has 0 aliphatic carbocycles. The lowest BCUT2D eigenvalue weighted by Crippen LogP contribution is -2.58. The SMILES string of the molecule is CC[N+]1(C(=S)c2ccccc2C)CCOCC1. The van der Waals surface area contributed by atoms with E-state index in [0.717, 1.165) is 42.3 Å². The van der Waals surface area contributed by atoms with Crippen molar-refractivity contribution in [2.45, 2.75) is 13.8 Å². The van der Waals surface area contributed by atoms with Crippen LogP contribution in [0.2, 0.25) is 0 Å². The second kappa shape index (κ2) is 5.25. The number of morpholine rings is 1. The summed E-state index contributed by atoms with van der Waals surface area (Å²) in [4.78, 5) is 1.08. The van der Waals surface area contributed by atoms with Gasteiger partial charge in [0.15, 0.2) is 0 Å². The summed E-state index contributed by atoms with van der Waals surface area (Å²) in [5, 5.41) is 0. The van der Waals surface area contributed by atoms with Crippen LogP contribution in [0.1, 0.15) is 18.1 Å². The number of aryl methyl sites for hydroxylation is 1. The molecule has 2 rings (SSSR count). The zero-order chi connectivity index (χ0) is 12.3. The second-order valence-corrected chi connectivity index (χ2v) is 5.03. The Labute approximate surface area is 109 Å². The predicted octanol–water partition coefficient (Wildman–Crippen LogP) is 2.54. The molecule has 0 amide bonds. The van der Waals surface area contributed by atoms with Crippen LogP contribution in [-0.2, 0) is 4.74 Å². The van der Waals surface area contributed by atoms with E-state index < -0.39 is 0 Å². The van der Waals surface area contributed by atoms with Crippen LogP contribution < -0.4 is 0 Å². The van der Waals surface area contributed by atoms with Crippen molar-refractivity contribution in [3.05, 3.63) is 35.4 Å². The molecule has 0 N–H and O–H groups in total. The molecule has 2 nitrogen and oxygen atoms in total. The number of hydrogen-bond donors (Lipinski definition) is 0. The summed E-state index contributed by atoms with van der Waals surface area (Å²) in [6, 6.07) is 8.41. The summed E-state index contributed by atoms with van der Waals surface area (Å²) in [5.41, 5.74) is 2.50. The molecule has 0 spiro atoms. The quantitative estimate of drug-likeness (QED) is 0.589. The highest BCUT2D eigenvalue weighted by Gasteiger charge is 2.35. The Kier molecular flexibility index (Phi) is 3.92. The van der Waals surface area contributed by atoms with Crippen LogP contribution in [0.3, 0.4) is 0 Å². The van der Waals surface area contributed by atoms with E-state index in [-0.39, 0.29) is 0 Å². The maximum Gasteiger partial charge on any atom is 0.206 e. The van der Waals surface area contributed by atoms with Crippen molar-refractivity contribution in [2.75, 3.05) is 32.8 Å². The molecule has 1 saturated heterocycles. The highest BCUT2D eigenvalue weighted by Crippen LogP contribution is 2.20. The van der Waals surface area contributed by atoms with Gasteiger partial charge in [0.05, 0.1) is 25.3 Å². The third kappa shape index (κ3) is 2.41. The first kappa shape index (κ1) is 12.7. The minimum absolute atomic E-state index is 0.819. The Morgan fingerprint density at radius 1 is 1.29 bits per heavy atom. The molecule has 92 valence electrons. The predicted molar refractivity (Wildman–Crippen MR) is 74.2 cm³/mol. The minimum Gasteiger partial charge on any atom is -0.370 e. The van der Waals surface area contributed by atoms with Crippen LogP contribution in [0.15, 0.2) is 24.3 Å². The molecule has 0 atom stereocenters. The second-order valence-electron chi connectivity index (χ2n) is 4.64. The van der Waals surface area contributed by atoms with Crippen molar-refractivity contribution in [2.24, 2.45) is 0 Å². The van der Waals surface area contributed by atoms with E-state index in [2.05, 4.69) is 38.1 Å². The van der Waals surface area contributed by atoms with E-state index in [1.54, 1.807) is 0 Å². The Morgan fingerprint density at radius 3 is 2.53 bits per heavy atom. The Bertz CT molecular complexity index is 410. The van der Waals surface area contributed by atoms with E-state index in [0.29, 0.717) is 0 Å². The number of hydrogen-bond acceptors (Lipinski definition) is 2. The molecule has 1 heterocycles.